The first kappa shape index (κ1) is 24.1. The van der Waals surface area contributed by atoms with Gasteiger partial charge in [-0.25, -0.2) is 4.79 Å². The summed E-state index contributed by atoms with van der Waals surface area (Å²) in [7, 11) is 0. The van der Waals surface area contributed by atoms with Crippen LogP contribution >= 0.6 is 0 Å². The van der Waals surface area contributed by atoms with Gasteiger partial charge in [0.25, 0.3) is 0 Å². The molecule has 1 atom stereocenters. The summed E-state index contributed by atoms with van der Waals surface area (Å²) in [4.78, 5) is 29.1. The van der Waals surface area contributed by atoms with E-state index in [-0.39, 0.29) is 18.7 Å². The Balaban J connectivity index is 1.51. The minimum absolute atomic E-state index is 0.0582. The maximum absolute atomic E-state index is 13.7. The smallest absolute Gasteiger partial charge is 0.326 e. The molecule has 1 aromatic heterocycles. The van der Waals surface area contributed by atoms with Crippen molar-refractivity contribution in [2.24, 2.45) is 0 Å². The molecule has 5 nitrogen and oxygen atoms in total. The average molecular weight is 489 g/mol. The summed E-state index contributed by atoms with van der Waals surface area (Å²) in [5, 5.41) is 13.8. The number of fused-ring (bicyclic) bond motifs is 1. The molecule has 5 heteroatoms. The van der Waals surface area contributed by atoms with E-state index in [1.54, 1.807) is 0 Å². The van der Waals surface area contributed by atoms with Crippen LogP contribution in [-0.2, 0) is 21.4 Å². The van der Waals surface area contributed by atoms with Crippen molar-refractivity contribution in [3.63, 3.8) is 0 Å². The SMILES string of the molecule is O=C(CC(c1ccccc1)(c1ccccc1)c1ccccc1)N[C@H](Cc1c[nH]c2ccccc12)C(=O)O. The molecule has 1 amide bonds. The summed E-state index contributed by atoms with van der Waals surface area (Å²) in [5.41, 5.74) is 3.88. The zero-order chi connectivity index (χ0) is 25.7. The van der Waals surface area contributed by atoms with Crippen molar-refractivity contribution in [3.05, 3.63) is 144 Å². The van der Waals surface area contributed by atoms with Crippen LogP contribution in [0.15, 0.2) is 121 Å². The van der Waals surface area contributed by atoms with Gasteiger partial charge < -0.3 is 15.4 Å². The summed E-state index contributed by atoms with van der Waals surface area (Å²) in [6.45, 7) is 0. The average Bonchev–Trinajstić information content (AvgIpc) is 3.35. The summed E-state index contributed by atoms with van der Waals surface area (Å²) in [6, 6.07) is 36.4. The predicted molar refractivity (Wildman–Crippen MR) is 145 cm³/mol. The van der Waals surface area contributed by atoms with Crippen LogP contribution in [0.4, 0.5) is 0 Å². The summed E-state index contributed by atoms with van der Waals surface area (Å²) in [5.74, 6) is -1.40. The number of aliphatic carboxylic acids is 1. The van der Waals surface area contributed by atoms with Crippen LogP contribution in [0.25, 0.3) is 10.9 Å². The third-order valence-electron chi connectivity index (χ3n) is 6.96. The molecule has 37 heavy (non-hydrogen) atoms. The van der Waals surface area contributed by atoms with Gasteiger partial charge in [-0.15, -0.1) is 0 Å². The van der Waals surface area contributed by atoms with Crippen LogP contribution in [-0.4, -0.2) is 28.0 Å². The topological polar surface area (TPSA) is 82.2 Å². The molecule has 0 saturated heterocycles. The van der Waals surface area contributed by atoms with Crippen LogP contribution < -0.4 is 5.32 Å². The van der Waals surface area contributed by atoms with E-state index in [1.807, 2.05) is 121 Å². The number of carboxylic acid groups (broad SMARTS) is 1. The molecule has 0 aliphatic heterocycles. The molecule has 0 aliphatic carbocycles. The van der Waals surface area contributed by atoms with Gasteiger partial charge in [-0.05, 0) is 28.3 Å². The van der Waals surface area contributed by atoms with E-state index in [4.69, 9.17) is 0 Å². The number of carbonyl (C=O) groups is 2. The zero-order valence-electron chi connectivity index (χ0n) is 20.3. The second-order valence-corrected chi connectivity index (χ2v) is 9.20. The van der Waals surface area contributed by atoms with Crippen molar-refractivity contribution in [1.29, 1.82) is 0 Å². The summed E-state index contributed by atoms with van der Waals surface area (Å²) < 4.78 is 0. The Hall–Kier alpha value is -4.64. The number of aromatic amines is 1. The zero-order valence-corrected chi connectivity index (χ0v) is 20.3. The Morgan fingerprint density at radius 3 is 1.73 bits per heavy atom. The number of benzene rings is 4. The normalized spacial score (nSPS) is 12.2. The number of rotatable bonds is 9. The van der Waals surface area contributed by atoms with E-state index in [2.05, 4.69) is 10.3 Å². The van der Waals surface area contributed by atoms with Crippen LogP contribution in [0, 0.1) is 0 Å². The number of aromatic nitrogens is 1. The molecule has 0 radical (unpaired) electrons. The maximum atomic E-state index is 13.7. The van der Waals surface area contributed by atoms with Crippen molar-refractivity contribution in [1.82, 2.24) is 10.3 Å². The van der Waals surface area contributed by atoms with Crippen molar-refractivity contribution in [2.75, 3.05) is 0 Å². The fourth-order valence-electron chi connectivity index (χ4n) is 5.18. The number of hydrogen-bond acceptors (Lipinski definition) is 2. The lowest BCUT2D eigenvalue weighted by molar-refractivity contribution is -0.141. The molecule has 0 bridgehead atoms. The van der Waals surface area contributed by atoms with Crippen LogP contribution in [0.1, 0.15) is 28.7 Å². The standard InChI is InChI=1S/C32H28N2O3/c35-30(34-29(31(36)37)20-23-22-33-28-19-11-10-18-27(23)28)21-32(24-12-4-1-5-13-24,25-14-6-2-7-15-25)26-16-8-3-9-17-26/h1-19,22,29,33H,20-21H2,(H,34,35)(H,36,37)/t29-/m1/s1. The van der Waals surface area contributed by atoms with E-state index in [1.165, 1.54) is 0 Å². The minimum atomic E-state index is -1.07. The molecule has 0 aliphatic rings. The molecule has 0 saturated carbocycles. The predicted octanol–water partition coefficient (Wildman–Crippen LogP) is 5.70. The second kappa shape index (κ2) is 10.5. The lowest BCUT2D eigenvalue weighted by Gasteiger charge is -2.36. The van der Waals surface area contributed by atoms with Gasteiger partial charge in [-0.1, -0.05) is 109 Å². The number of carbonyl (C=O) groups excluding carboxylic acids is 1. The third-order valence-corrected chi connectivity index (χ3v) is 6.96. The van der Waals surface area contributed by atoms with Gasteiger partial charge in [-0.2, -0.15) is 0 Å². The Morgan fingerprint density at radius 1 is 0.730 bits per heavy atom. The second-order valence-electron chi connectivity index (χ2n) is 9.20. The van der Waals surface area contributed by atoms with Gasteiger partial charge in [-0.3, -0.25) is 4.79 Å². The molecule has 5 rings (SSSR count). The van der Waals surface area contributed by atoms with Crippen molar-refractivity contribution in [2.45, 2.75) is 24.3 Å². The Bertz CT molecular complexity index is 1400. The fraction of sp³-hybridized carbons (Fsp3) is 0.125. The van der Waals surface area contributed by atoms with Gasteiger partial charge in [0.05, 0.1) is 5.41 Å². The van der Waals surface area contributed by atoms with E-state index < -0.39 is 17.4 Å². The van der Waals surface area contributed by atoms with Crippen LogP contribution in [0.5, 0.6) is 0 Å². The molecule has 0 spiro atoms. The highest BCUT2D eigenvalue weighted by Crippen LogP contribution is 2.42. The molecule has 0 fully saturated rings. The third kappa shape index (κ3) is 4.89. The number of carboxylic acids is 1. The number of H-pyrrole nitrogens is 1. The molecular formula is C32H28N2O3. The van der Waals surface area contributed by atoms with Gasteiger partial charge in [0.1, 0.15) is 6.04 Å². The number of nitrogens with one attached hydrogen (secondary N) is 2. The highest BCUT2D eigenvalue weighted by molar-refractivity contribution is 5.87. The summed E-state index contributed by atoms with van der Waals surface area (Å²) >= 11 is 0. The number of para-hydroxylation sites is 1. The van der Waals surface area contributed by atoms with E-state index in [0.29, 0.717) is 0 Å². The molecule has 0 unspecified atom stereocenters. The Kier molecular flexibility index (Phi) is 6.86. The summed E-state index contributed by atoms with van der Waals surface area (Å²) in [6.07, 6.45) is 2.05. The molecular weight excluding hydrogens is 460 g/mol. The van der Waals surface area contributed by atoms with Gasteiger partial charge in [0, 0.05) is 29.9 Å². The molecule has 1 heterocycles. The van der Waals surface area contributed by atoms with E-state index >= 15 is 0 Å². The highest BCUT2D eigenvalue weighted by Gasteiger charge is 2.39. The van der Waals surface area contributed by atoms with Crippen molar-refractivity contribution < 1.29 is 14.7 Å². The van der Waals surface area contributed by atoms with Gasteiger partial charge in [0.15, 0.2) is 0 Å². The molecule has 5 aromatic rings. The highest BCUT2D eigenvalue weighted by atomic mass is 16.4. The minimum Gasteiger partial charge on any atom is -0.480 e. The number of amides is 1. The lowest BCUT2D eigenvalue weighted by Crippen LogP contribution is -2.45. The van der Waals surface area contributed by atoms with Crippen LogP contribution in [0.3, 0.4) is 0 Å². The lowest BCUT2D eigenvalue weighted by atomic mass is 9.67. The monoisotopic (exact) mass is 488 g/mol. The van der Waals surface area contributed by atoms with Crippen LogP contribution in [0.2, 0.25) is 0 Å². The van der Waals surface area contributed by atoms with Crippen molar-refractivity contribution in [3.8, 4) is 0 Å². The fourth-order valence-corrected chi connectivity index (χ4v) is 5.18. The van der Waals surface area contributed by atoms with E-state index in [9.17, 15) is 14.7 Å². The quantitative estimate of drug-likeness (QED) is 0.233. The Labute approximate surface area is 215 Å². The first-order valence-electron chi connectivity index (χ1n) is 12.3. The van der Waals surface area contributed by atoms with E-state index in [0.717, 1.165) is 33.2 Å². The first-order chi connectivity index (χ1) is 18.1. The molecule has 4 aromatic carbocycles. The largest absolute Gasteiger partial charge is 0.480 e. The molecule has 184 valence electrons. The molecule has 3 N–H and O–H groups in total. The van der Waals surface area contributed by atoms with Crippen molar-refractivity contribution >= 4 is 22.8 Å². The van der Waals surface area contributed by atoms with Gasteiger partial charge in [0.2, 0.25) is 5.91 Å². The Morgan fingerprint density at radius 2 is 1.22 bits per heavy atom. The number of hydrogen-bond donors (Lipinski definition) is 3. The van der Waals surface area contributed by atoms with Gasteiger partial charge >= 0.3 is 5.97 Å². The maximum Gasteiger partial charge on any atom is 0.326 e. The first-order valence-corrected chi connectivity index (χ1v) is 12.3.